The Hall–Kier alpha value is -3.26. The molecule has 2 heterocycles. The van der Waals surface area contributed by atoms with E-state index >= 15 is 0 Å². The third-order valence-electron chi connectivity index (χ3n) is 7.06. The van der Waals surface area contributed by atoms with Gasteiger partial charge in [-0.05, 0) is 56.0 Å². The Morgan fingerprint density at radius 3 is 2.54 bits per heavy atom. The first-order chi connectivity index (χ1) is 18.5. The summed E-state index contributed by atoms with van der Waals surface area (Å²) in [5.74, 6) is -0.373. The van der Waals surface area contributed by atoms with Crippen LogP contribution in [-0.4, -0.2) is 49.2 Å². The normalized spacial score (nSPS) is 19.3. The third-order valence-corrected chi connectivity index (χ3v) is 10.1. The highest BCUT2D eigenvalue weighted by Gasteiger charge is 2.36. The summed E-state index contributed by atoms with van der Waals surface area (Å²) in [6.07, 6.45) is 2.04. The number of fused-ring (bicyclic) bond motifs is 1. The number of thiophene rings is 1. The van der Waals surface area contributed by atoms with Crippen LogP contribution in [0, 0.1) is 12.5 Å². The zero-order chi connectivity index (χ0) is 28.2. The summed E-state index contributed by atoms with van der Waals surface area (Å²) < 4.78 is 29.1. The number of rotatable bonds is 8. The zero-order valence-corrected chi connectivity index (χ0v) is 24.1. The van der Waals surface area contributed by atoms with Crippen LogP contribution < -0.4 is 10.6 Å². The molecule has 1 unspecified atom stereocenters. The molecule has 10 heteroatoms. The Kier molecular flexibility index (Phi) is 8.74. The minimum absolute atomic E-state index is 0.00795. The molecule has 0 spiro atoms. The Labute approximate surface area is 234 Å². The lowest BCUT2D eigenvalue weighted by Crippen LogP contribution is -2.55. The second kappa shape index (κ2) is 11.9. The Balaban J connectivity index is 1.46. The molecule has 0 aliphatic carbocycles. The van der Waals surface area contributed by atoms with Crippen LogP contribution in [0.4, 0.5) is 5.69 Å². The van der Waals surface area contributed by atoms with E-state index in [0.717, 1.165) is 10.1 Å². The molecule has 8 nitrogen and oxygen atoms in total. The largest absolute Gasteiger partial charge is 0.349 e. The molecule has 2 amide bonds. The van der Waals surface area contributed by atoms with Crippen LogP contribution in [0.25, 0.3) is 14.9 Å². The Morgan fingerprint density at radius 2 is 1.82 bits per heavy atom. The van der Waals surface area contributed by atoms with Crippen LogP contribution in [0.5, 0.6) is 0 Å². The number of carbonyl (C=O) groups is 2. The lowest BCUT2D eigenvalue weighted by atomic mass is 9.92. The van der Waals surface area contributed by atoms with E-state index in [2.05, 4.69) is 15.5 Å². The minimum atomic E-state index is -3.85. The number of nitrogens with zero attached hydrogens (tertiary/aromatic N) is 2. The zero-order valence-electron chi connectivity index (χ0n) is 22.4. The quantitative estimate of drug-likeness (QED) is 0.359. The second-order valence-electron chi connectivity index (χ2n) is 10.7. The summed E-state index contributed by atoms with van der Waals surface area (Å²) in [5, 5.41) is 7.07. The topological polar surface area (TPSA) is 99.9 Å². The van der Waals surface area contributed by atoms with Gasteiger partial charge in [-0.25, -0.2) is 13.3 Å². The fourth-order valence-electron chi connectivity index (χ4n) is 4.94. The number of nitrogens with one attached hydrogen (secondary N) is 2. The molecule has 3 aromatic rings. The first kappa shape index (κ1) is 28.7. The first-order valence-electron chi connectivity index (χ1n) is 13.1. The molecule has 1 aromatic heterocycles. The standard InChI is InChI=1S/C29H34N4O4S2/c1-20(2)18-23(31-28(35)25-19-21-10-5-7-12-24(21)38-25)27(34)32-29(3)14-9-16-33(17-15-29)39(36,37)26-13-8-6-11-22(26)30-4/h5-8,10-13,19-20,23H,9,14-18H2,1-3H3,(H,31,35)(H,32,34)/t23-,29?/m0/s1. The van der Waals surface area contributed by atoms with Crippen LogP contribution >= 0.6 is 11.3 Å². The van der Waals surface area contributed by atoms with Gasteiger partial charge in [0.15, 0.2) is 0 Å². The Bertz CT molecular complexity index is 1480. The van der Waals surface area contributed by atoms with Crippen molar-refractivity contribution in [3.8, 4) is 0 Å². The van der Waals surface area contributed by atoms with Crippen molar-refractivity contribution in [3.63, 3.8) is 0 Å². The van der Waals surface area contributed by atoms with E-state index in [1.807, 2.05) is 51.1 Å². The van der Waals surface area contributed by atoms with E-state index < -0.39 is 21.6 Å². The molecule has 0 bridgehead atoms. The van der Waals surface area contributed by atoms with Crippen molar-refractivity contribution in [2.45, 2.75) is 62.9 Å². The maximum absolute atomic E-state index is 13.5. The number of para-hydroxylation sites is 1. The van der Waals surface area contributed by atoms with Gasteiger partial charge in [0.1, 0.15) is 6.04 Å². The van der Waals surface area contributed by atoms with Crippen molar-refractivity contribution in [3.05, 3.63) is 70.9 Å². The maximum atomic E-state index is 13.5. The van der Waals surface area contributed by atoms with Crippen LogP contribution in [0.2, 0.25) is 0 Å². The van der Waals surface area contributed by atoms with Gasteiger partial charge in [0.2, 0.25) is 21.6 Å². The summed E-state index contributed by atoms with van der Waals surface area (Å²) in [7, 11) is -3.85. The molecule has 39 heavy (non-hydrogen) atoms. The fourth-order valence-corrected chi connectivity index (χ4v) is 7.51. The molecule has 1 fully saturated rings. The number of hydrogen-bond acceptors (Lipinski definition) is 5. The summed E-state index contributed by atoms with van der Waals surface area (Å²) in [6.45, 7) is 13.8. The van der Waals surface area contributed by atoms with Crippen LogP contribution in [-0.2, 0) is 14.8 Å². The summed E-state index contributed by atoms with van der Waals surface area (Å²) in [5.41, 5.74) is -0.540. The molecule has 1 saturated heterocycles. The second-order valence-corrected chi connectivity index (χ2v) is 13.7. The van der Waals surface area contributed by atoms with Crippen molar-refractivity contribution in [1.29, 1.82) is 0 Å². The third kappa shape index (κ3) is 6.67. The van der Waals surface area contributed by atoms with Crippen LogP contribution in [0.3, 0.4) is 0 Å². The molecule has 1 aliphatic heterocycles. The summed E-state index contributed by atoms with van der Waals surface area (Å²) in [4.78, 5) is 30.5. The van der Waals surface area contributed by atoms with E-state index in [0.29, 0.717) is 37.1 Å². The summed E-state index contributed by atoms with van der Waals surface area (Å²) in [6, 6.07) is 15.1. The number of carbonyl (C=O) groups excluding carboxylic acids is 2. The molecule has 206 valence electrons. The van der Waals surface area contributed by atoms with Gasteiger partial charge >= 0.3 is 0 Å². The first-order valence-corrected chi connectivity index (χ1v) is 15.4. The van der Waals surface area contributed by atoms with Gasteiger partial charge in [0.25, 0.3) is 5.91 Å². The molecule has 2 atom stereocenters. The van der Waals surface area contributed by atoms with E-state index in [1.54, 1.807) is 12.1 Å². The molecule has 2 aromatic carbocycles. The van der Waals surface area contributed by atoms with Gasteiger partial charge in [-0.2, -0.15) is 4.31 Å². The molecule has 1 aliphatic rings. The predicted molar refractivity (Wildman–Crippen MR) is 154 cm³/mol. The van der Waals surface area contributed by atoms with Crippen molar-refractivity contribution in [1.82, 2.24) is 14.9 Å². The molecule has 0 saturated carbocycles. The highest BCUT2D eigenvalue weighted by molar-refractivity contribution is 7.89. The van der Waals surface area contributed by atoms with E-state index in [9.17, 15) is 18.0 Å². The van der Waals surface area contributed by atoms with Gasteiger partial charge in [-0.15, -0.1) is 11.3 Å². The van der Waals surface area contributed by atoms with Crippen molar-refractivity contribution in [2.75, 3.05) is 13.1 Å². The SMILES string of the molecule is [C-]#[N+]c1ccccc1S(=O)(=O)N1CCCC(C)(NC(=O)[C@H](CC(C)C)NC(=O)c2cc3ccccc3s2)CC1. The molecule has 0 radical (unpaired) electrons. The number of sulfonamides is 1. The van der Waals surface area contributed by atoms with Crippen LogP contribution in [0.1, 0.15) is 56.1 Å². The van der Waals surface area contributed by atoms with Gasteiger partial charge < -0.3 is 10.6 Å². The highest BCUT2D eigenvalue weighted by Crippen LogP contribution is 2.31. The summed E-state index contributed by atoms with van der Waals surface area (Å²) >= 11 is 1.39. The average Bonchev–Trinajstić information content (AvgIpc) is 3.24. The maximum Gasteiger partial charge on any atom is 0.262 e. The van der Waals surface area contributed by atoms with Crippen molar-refractivity contribution >= 4 is 48.9 Å². The average molecular weight is 567 g/mol. The van der Waals surface area contributed by atoms with Gasteiger partial charge in [0, 0.05) is 23.3 Å². The highest BCUT2D eigenvalue weighted by atomic mass is 32.2. The molecular weight excluding hydrogens is 532 g/mol. The lowest BCUT2D eigenvalue weighted by molar-refractivity contribution is -0.125. The number of benzene rings is 2. The van der Waals surface area contributed by atoms with Gasteiger partial charge in [0.05, 0.1) is 16.3 Å². The van der Waals surface area contributed by atoms with Crippen LogP contribution in [0.15, 0.2) is 59.5 Å². The van der Waals surface area contributed by atoms with Crippen molar-refractivity contribution < 1.29 is 18.0 Å². The lowest BCUT2D eigenvalue weighted by Gasteiger charge is -2.32. The van der Waals surface area contributed by atoms with E-state index in [4.69, 9.17) is 6.57 Å². The van der Waals surface area contributed by atoms with E-state index in [1.165, 1.54) is 27.8 Å². The van der Waals surface area contributed by atoms with Gasteiger partial charge in [-0.3, -0.25) is 9.59 Å². The minimum Gasteiger partial charge on any atom is -0.349 e. The number of hydrogen-bond donors (Lipinski definition) is 2. The molecular formula is C29H34N4O4S2. The fraction of sp³-hybridized carbons (Fsp3) is 0.414. The predicted octanol–water partition coefficient (Wildman–Crippen LogP) is 5.35. The molecule has 4 rings (SSSR count). The van der Waals surface area contributed by atoms with Gasteiger partial charge in [-0.1, -0.05) is 56.3 Å². The molecule has 2 N–H and O–H groups in total. The Morgan fingerprint density at radius 1 is 1.10 bits per heavy atom. The smallest absolute Gasteiger partial charge is 0.262 e. The van der Waals surface area contributed by atoms with Crippen molar-refractivity contribution in [2.24, 2.45) is 5.92 Å². The van der Waals surface area contributed by atoms with E-state index in [-0.39, 0.29) is 34.9 Å². The monoisotopic (exact) mass is 566 g/mol. The number of amides is 2.